The normalized spacial score (nSPS) is 13.5. The van der Waals surface area contributed by atoms with Crippen molar-refractivity contribution in [3.05, 3.63) is 51.9 Å². The number of rotatable bonds is 5. The van der Waals surface area contributed by atoms with E-state index in [2.05, 4.69) is 4.98 Å². The van der Waals surface area contributed by atoms with Crippen LogP contribution in [0.1, 0.15) is 38.8 Å². The number of nitrogens with zero attached hydrogens (tertiary/aromatic N) is 2. The summed E-state index contributed by atoms with van der Waals surface area (Å²) >= 11 is 1.43. The molecule has 6 heteroatoms. The summed E-state index contributed by atoms with van der Waals surface area (Å²) in [4.78, 5) is 30.5. The Kier molecular flexibility index (Phi) is 5.23. The predicted molar refractivity (Wildman–Crippen MR) is 105 cm³/mol. The zero-order valence-corrected chi connectivity index (χ0v) is 16.2. The second-order valence-electron chi connectivity index (χ2n) is 6.48. The maximum absolute atomic E-state index is 13.1. The molecule has 3 aromatic rings. The molecule has 0 aliphatic carbocycles. The molecular formula is C20H22N2O3S. The van der Waals surface area contributed by atoms with E-state index in [0.717, 1.165) is 23.1 Å². The lowest BCUT2D eigenvalue weighted by atomic mass is 10.0. The van der Waals surface area contributed by atoms with Gasteiger partial charge >= 0.3 is 5.97 Å². The SMILES string of the molecule is CC[C@H](C)OC(=O)[C@H](C)n1cnc2scc(-c3ccc(C)cc3)c2c1=O. The minimum atomic E-state index is -0.723. The summed E-state index contributed by atoms with van der Waals surface area (Å²) in [7, 11) is 0. The summed E-state index contributed by atoms with van der Waals surface area (Å²) in [6.07, 6.45) is 1.98. The summed E-state index contributed by atoms with van der Waals surface area (Å²) in [5.74, 6) is -0.422. The molecule has 136 valence electrons. The molecule has 0 radical (unpaired) electrons. The van der Waals surface area contributed by atoms with E-state index in [4.69, 9.17) is 4.74 Å². The Bertz CT molecular complexity index is 988. The molecule has 2 aromatic heterocycles. The molecule has 2 atom stereocenters. The van der Waals surface area contributed by atoms with Crippen LogP contribution in [-0.2, 0) is 9.53 Å². The number of esters is 1. The highest BCUT2D eigenvalue weighted by atomic mass is 32.1. The van der Waals surface area contributed by atoms with Crippen LogP contribution in [0.3, 0.4) is 0 Å². The van der Waals surface area contributed by atoms with Crippen LogP contribution in [0, 0.1) is 6.92 Å². The minimum absolute atomic E-state index is 0.179. The number of thiophene rings is 1. The number of hydrogen-bond donors (Lipinski definition) is 0. The van der Waals surface area contributed by atoms with Crippen LogP contribution in [0.15, 0.2) is 40.8 Å². The number of hydrogen-bond acceptors (Lipinski definition) is 5. The topological polar surface area (TPSA) is 61.2 Å². The van der Waals surface area contributed by atoms with Gasteiger partial charge in [-0.2, -0.15) is 0 Å². The van der Waals surface area contributed by atoms with Crippen LogP contribution in [0.5, 0.6) is 0 Å². The van der Waals surface area contributed by atoms with Crippen molar-refractivity contribution in [3.8, 4) is 11.1 Å². The van der Waals surface area contributed by atoms with Crippen molar-refractivity contribution in [2.75, 3.05) is 0 Å². The Hall–Kier alpha value is -2.47. The van der Waals surface area contributed by atoms with Crippen LogP contribution in [0.4, 0.5) is 0 Å². The summed E-state index contributed by atoms with van der Waals surface area (Å²) in [5, 5.41) is 2.49. The van der Waals surface area contributed by atoms with Crippen LogP contribution >= 0.6 is 11.3 Å². The molecule has 0 aliphatic heterocycles. The van der Waals surface area contributed by atoms with E-state index >= 15 is 0 Å². The first-order chi connectivity index (χ1) is 12.4. The van der Waals surface area contributed by atoms with Crippen molar-refractivity contribution in [1.82, 2.24) is 9.55 Å². The molecule has 0 saturated carbocycles. The highest BCUT2D eigenvalue weighted by Crippen LogP contribution is 2.31. The summed E-state index contributed by atoms with van der Waals surface area (Å²) in [6, 6.07) is 7.29. The Morgan fingerprint density at radius 1 is 1.27 bits per heavy atom. The van der Waals surface area contributed by atoms with Gasteiger partial charge in [-0.1, -0.05) is 36.8 Å². The number of aromatic nitrogens is 2. The standard InChI is InChI=1S/C20H22N2O3S/c1-5-13(3)25-20(24)14(4)22-11-21-18-17(19(22)23)16(10-26-18)15-8-6-12(2)7-9-15/h6-11,13-14H,5H2,1-4H3/t13-,14-/m0/s1. The van der Waals surface area contributed by atoms with Gasteiger partial charge in [-0.25, -0.2) is 9.78 Å². The molecule has 0 aliphatic rings. The van der Waals surface area contributed by atoms with Crippen LogP contribution in [0.25, 0.3) is 21.3 Å². The average Bonchev–Trinajstić information content (AvgIpc) is 3.07. The van der Waals surface area contributed by atoms with Gasteiger partial charge in [0, 0.05) is 10.9 Å². The number of benzene rings is 1. The second-order valence-corrected chi connectivity index (χ2v) is 7.34. The number of aryl methyl sites for hydroxylation is 1. The molecule has 2 heterocycles. The van der Waals surface area contributed by atoms with Gasteiger partial charge in [0.1, 0.15) is 10.9 Å². The number of carbonyl (C=O) groups is 1. The lowest BCUT2D eigenvalue weighted by Gasteiger charge is -2.17. The molecule has 0 unspecified atom stereocenters. The van der Waals surface area contributed by atoms with E-state index in [-0.39, 0.29) is 11.7 Å². The van der Waals surface area contributed by atoms with E-state index < -0.39 is 12.0 Å². The molecule has 0 N–H and O–H groups in total. The monoisotopic (exact) mass is 370 g/mol. The molecule has 0 spiro atoms. The van der Waals surface area contributed by atoms with Crippen molar-refractivity contribution < 1.29 is 9.53 Å². The molecule has 0 amide bonds. The first-order valence-electron chi connectivity index (χ1n) is 8.68. The van der Waals surface area contributed by atoms with E-state index in [1.807, 2.05) is 50.4 Å². The molecule has 5 nitrogen and oxygen atoms in total. The van der Waals surface area contributed by atoms with Gasteiger partial charge in [0.15, 0.2) is 0 Å². The smallest absolute Gasteiger partial charge is 0.329 e. The van der Waals surface area contributed by atoms with Gasteiger partial charge in [0.2, 0.25) is 0 Å². The lowest BCUT2D eigenvalue weighted by Crippen LogP contribution is -2.31. The fourth-order valence-electron chi connectivity index (χ4n) is 2.66. The Labute approximate surface area is 156 Å². The summed E-state index contributed by atoms with van der Waals surface area (Å²) in [5.41, 5.74) is 2.75. The van der Waals surface area contributed by atoms with Crippen LogP contribution in [0.2, 0.25) is 0 Å². The number of fused-ring (bicyclic) bond motifs is 1. The lowest BCUT2D eigenvalue weighted by molar-refractivity contribution is -0.152. The van der Waals surface area contributed by atoms with Gasteiger partial charge in [0.25, 0.3) is 5.56 Å². The Morgan fingerprint density at radius 3 is 2.62 bits per heavy atom. The fourth-order valence-corrected chi connectivity index (χ4v) is 3.57. The van der Waals surface area contributed by atoms with Gasteiger partial charge in [0.05, 0.1) is 17.8 Å². The third-order valence-corrected chi connectivity index (χ3v) is 5.42. The third-order valence-electron chi connectivity index (χ3n) is 4.53. The van der Waals surface area contributed by atoms with E-state index in [1.54, 1.807) is 6.92 Å². The average molecular weight is 370 g/mol. The maximum Gasteiger partial charge on any atom is 0.329 e. The molecule has 26 heavy (non-hydrogen) atoms. The van der Waals surface area contributed by atoms with Crippen LogP contribution < -0.4 is 5.56 Å². The Balaban J connectivity index is 2.05. The molecule has 1 aromatic carbocycles. The van der Waals surface area contributed by atoms with E-state index in [1.165, 1.54) is 22.2 Å². The van der Waals surface area contributed by atoms with Crippen molar-refractivity contribution in [2.24, 2.45) is 0 Å². The summed E-state index contributed by atoms with van der Waals surface area (Å²) in [6.45, 7) is 7.47. The van der Waals surface area contributed by atoms with Crippen LogP contribution in [-0.4, -0.2) is 21.6 Å². The van der Waals surface area contributed by atoms with Crippen molar-refractivity contribution in [3.63, 3.8) is 0 Å². The van der Waals surface area contributed by atoms with Crippen molar-refractivity contribution in [2.45, 2.75) is 46.3 Å². The first-order valence-corrected chi connectivity index (χ1v) is 9.56. The highest BCUT2D eigenvalue weighted by molar-refractivity contribution is 7.17. The predicted octanol–water partition coefficient (Wildman–Crippen LogP) is 4.34. The van der Waals surface area contributed by atoms with Gasteiger partial charge in [-0.3, -0.25) is 9.36 Å². The first kappa shape index (κ1) is 18.3. The fraction of sp³-hybridized carbons (Fsp3) is 0.350. The van der Waals surface area contributed by atoms with E-state index in [0.29, 0.717) is 10.2 Å². The Morgan fingerprint density at radius 2 is 1.96 bits per heavy atom. The highest BCUT2D eigenvalue weighted by Gasteiger charge is 2.22. The zero-order chi connectivity index (χ0) is 18.8. The maximum atomic E-state index is 13.1. The van der Waals surface area contributed by atoms with E-state index in [9.17, 15) is 9.59 Å². The molecular weight excluding hydrogens is 348 g/mol. The van der Waals surface area contributed by atoms with Gasteiger partial charge < -0.3 is 4.74 Å². The summed E-state index contributed by atoms with van der Waals surface area (Å²) < 4.78 is 6.73. The quantitative estimate of drug-likeness (QED) is 0.627. The molecule has 0 bridgehead atoms. The van der Waals surface area contributed by atoms with Crippen molar-refractivity contribution >= 4 is 27.5 Å². The van der Waals surface area contributed by atoms with Crippen molar-refractivity contribution in [1.29, 1.82) is 0 Å². The number of ether oxygens (including phenoxy) is 1. The zero-order valence-electron chi connectivity index (χ0n) is 15.4. The molecule has 0 fully saturated rings. The molecule has 3 rings (SSSR count). The molecule has 0 saturated heterocycles. The van der Waals surface area contributed by atoms with Gasteiger partial charge in [-0.15, -0.1) is 11.3 Å². The minimum Gasteiger partial charge on any atom is -0.461 e. The second kappa shape index (κ2) is 7.41. The number of carbonyl (C=O) groups excluding carboxylic acids is 1. The third kappa shape index (κ3) is 3.42. The van der Waals surface area contributed by atoms with Gasteiger partial charge in [-0.05, 0) is 32.8 Å². The largest absolute Gasteiger partial charge is 0.461 e.